The lowest BCUT2D eigenvalue weighted by Crippen LogP contribution is -2.37. The molecule has 0 aliphatic heterocycles. The Kier molecular flexibility index (Phi) is 4.29. The number of aliphatic hydroxyl groups excluding tert-OH is 1. The normalized spacial score (nSPS) is 11.8. The van der Waals surface area contributed by atoms with Crippen LogP contribution in [0.25, 0.3) is 10.8 Å². The molecule has 0 atom stereocenters. The van der Waals surface area contributed by atoms with Gasteiger partial charge in [0.15, 0.2) is 11.0 Å². The molecule has 4 nitrogen and oxygen atoms in total. The van der Waals surface area contributed by atoms with Gasteiger partial charge in [0, 0.05) is 17.3 Å². The zero-order valence-electron chi connectivity index (χ0n) is 10.2. The number of aliphatic hydroxyl groups is 1. The number of hydrogen-bond acceptors (Lipinski definition) is 4. The van der Waals surface area contributed by atoms with E-state index in [2.05, 4.69) is 10.2 Å². The van der Waals surface area contributed by atoms with Crippen molar-refractivity contribution in [3.8, 4) is 0 Å². The lowest BCUT2D eigenvalue weighted by molar-refractivity contribution is -0.119. The van der Waals surface area contributed by atoms with Crippen molar-refractivity contribution in [2.45, 2.75) is 6.18 Å². The third kappa shape index (κ3) is 3.29. The topological polar surface area (TPSA) is 49.2 Å². The molecule has 20 heavy (non-hydrogen) atoms. The van der Waals surface area contributed by atoms with Crippen LogP contribution in [0.4, 0.5) is 19.0 Å². The molecule has 0 radical (unpaired) electrons. The first-order valence-electron chi connectivity index (χ1n) is 5.76. The number of anilines is 1. The molecule has 1 N–H and O–H groups in total. The molecule has 0 saturated heterocycles. The Balaban J connectivity index is 2.51. The van der Waals surface area contributed by atoms with Crippen LogP contribution in [0.15, 0.2) is 24.3 Å². The predicted molar refractivity (Wildman–Crippen MR) is 69.9 cm³/mol. The van der Waals surface area contributed by atoms with Crippen molar-refractivity contribution in [1.82, 2.24) is 10.2 Å². The largest absolute Gasteiger partial charge is 0.405 e. The zero-order valence-corrected chi connectivity index (χ0v) is 11.0. The maximum Gasteiger partial charge on any atom is 0.405 e. The van der Waals surface area contributed by atoms with Gasteiger partial charge in [-0.05, 0) is 0 Å². The highest BCUT2D eigenvalue weighted by Crippen LogP contribution is 2.29. The Morgan fingerprint density at radius 3 is 2.40 bits per heavy atom. The van der Waals surface area contributed by atoms with Crippen LogP contribution in [0.2, 0.25) is 5.15 Å². The van der Waals surface area contributed by atoms with Gasteiger partial charge in [-0.25, -0.2) is 0 Å². The third-order valence-corrected chi connectivity index (χ3v) is 2.94. The summed E-state index contributed by atoms with van der Waals surface area (Å²) in [5.74, 6) is 0.0522. The molecule has 0 amide bonds. The van der Waals surface area contributed by atoms with Gasteiger partial charge in [0.05, 0.1) is 6.61 Å². The van der Waals surface area contributed by atoms with Gasteiger partial charge in [0.25, 0.3) is 0 Å². The first-order chi connectivity index (χ1) is 9.42. The minimum absolute atomic E-state index is 0.0522. The predicted octanol–water partition coefficient (Wildman–Crippen LogP) is 2.64. The van der Waals surface area contributed by atoms with Gasteiger partial charge in [0.1, 0.15) is 6.54 Å². The van der Waals surface area contributed by atoms with Crippen molar-refractivity contribution in [3.63, 3.8) is 0 Å². The number of benzene rings is 1. The van der Waals surface area contributed by atoms with Crippen LogP contribution < -0.4 is 4.90 Å². The Hall–Kier alpha value is -1.60. The summed E-state index contributed by atoms with van der Waals surface area (Å²) in [5, 5.41) is 17.5. The van der Waals surface area contributed by atoms with E-state index in [-0.39, 0.29) is 17.5 Å². The Morgan fingerprint density at radius 1 is 1.15 bits per heavy atom. The van der Waals surface area contributed by atoms with Gasteiger partial charge < -0.3 is 10.0 Å². The zero-order chi connectivity index (χ0) is 14.8. The van der Waals surface area contributed by atoms with E-state index in [9.17, 15) is 13.2 Å². The maximum atomic E-state index is 12.6. The molecule has 108 valence electrons. The quantitative estimate of drug-likeness (QED) is 0.943. The first kappa shape index (κ1) is 14.8. The van der Waals surface area contributed by atoms with Gasteiger partial charge in [-0.1, -0.05) is 35.9 Å². The summed E-state index contributed by atoms with van der Waals surface area (Å²) >= 11 is 5.88. The van der Waals surface area contributed by atoms with E-state index in [1.165, 1.54) is 0 Å². The molecule has 1 heterocycles. The SMILES string of the molecule is OCCN(CC(F)(F)F)c1nnc(Cl)c2ccccc12. The highest BCUT2D eigenvalue weighted by Gasteiger charge is 2.32. The molecule has 0 bridgehead atoms. The molecule has 0 aliphatic carbocycles. The van der Waals surface area contributed by atoms with Crippen molar-refractivity contribution in [2.24, 2.45) is 0 Å². The minimum Gasteiger partial charge on any atom is -0.395 e. The molecular formula is C12H11ClF3N3O. The molecule has 2 aromatic rings. The van der Waals surface area contributed by atoms with Crippen molar-refractivity contribution in [1.29, 1.82) is 0 Å². The van der Waals surface area contributed by atoms with Crippen LogP contribution >= 0.6 is 11.6 Å². The summed E-state index contributed by atoms with van der Waals surface area (Å²) < 4.78 is 37.8. The summed E-state index contributed by atoms with van der Waals surface area (Å²) in [6, 6.07) is 6.65. The summed E-state index contributed by atoms with van der Waals surface area (Å²) in [4.78, 5) is 0.936. The molecule has 0 aliphatic rings. The number of fused-ring (bicyclic) bond motifs is 1. The summed E-state index contributed by atoms with van der Waals surface area (Å²) in [5.41, 5.74) is 0. The molecule has 0 fully saturated rings. The number of alkyl halides is 3. The van der Waals surface area contributed by atoms with Crippen LogP contribution in [-0.2, 0) is 0 Å². The van der Waals surface area contributed by atoms with E-state index in [1.807, 2.05) is 0 Å². The number of rotatable bonds is 4. The van der Waals surface area contributed by atoms with Gasteiger partial charge in [-0.3, -0.25) is 0 Å². The smallest absolute Gasteiger partial charge is 0.395 e. The maximum absolute atomic E-state index is 12.6. The monoisotopic (exact) mass is 305 g/mol. The first-order valence-corrected chi connectivity index (χ1v) is 6.13. The number of aromatic nitrogens is 2. The highest BCUT2D eigenvalue weighted by molar-refractivity contribution is 6.34. The van der Waals surface area contributed by atoms with Crippen LogP contribution in [0.5, 0.6) is 0 Å². The van der Waals surface area contributed by atoms with Crippen molar-refractivity contribution in [2.75, 3.05) is 24.6 Å². The fourth-order valence-corrected chi connectivity index (χ4v) is 2.09. The molecule has 8 heteroatoms. The molecule has 0 spiro atoms. The van der Waals surface area contributed by atoms with E-state index < -0.39 is 19.3 Å². The molecule has 1 aromatic heterocycles. The Morgan fingerprint density at radius 2 is 1.80 bits per heavy atom. The van der Waals surface area contributed by atoms with Gasteiger partial charge in [-0.2, -0.15) is 13.2 Å². The van der Waals surface area contributed by atoms with Gasteiger partial charge in [-0.15, -0.1) is 10.2 Å². The molecule has 0 unspecified atom stereocenters. The second-order valence-corrected chi connectivity index (χ2v) is 4.48. The number of halogens is 4. The lowest BCUT2D eigenvalue weighted by atomic mass is 10.2. The van der Waals surface area contributed by atoms with Crippen LogP contribution in [0.1, 0.15) is 0 Å². The highest BCUT2D eigenvalue weighted by atomic mass is 35.5. The third-order valence-electron chi connectivity index (χ3n) is 2.66. The second kappa shape index (κ2) is 5.80. The van der Waals surface area contributed by atoms with Crippen LogP contribution in [-0.4, -0.2) is 41.2 Å². The average Bonchev–Trinajstić information content (AvgIpc) is 2.37. The van der Waals surface area contributed by atoms with Crippen LogP contribution in [0, 0.1) is 0 Å². The number of hydrogen-bond donors (Lipinski definition) is 1. The molecule has 1 aromatic carbocycles. The molecular weight excluding hydrogens is 295 g/mol. The number of nitrogens with zero attached hydrogens (tertiary/aromatic N) is 3. The fourth-order valence-electron chi connectivity index (χ4n) is 1.89. The fraction of sp³-hybridized carbons (Fsp3) is 0.333. The minimum atomic E-state index is -4.41. The van der Waals surface area contributed by atoms with Crippen LogP contribution in [0.3, 0.4) is 0 Å². The molecule has 2 rings (SSSR count). The Bertz CT molecular complexity index is 606. The van der Waals surface area contributed by atoms with Crippen molar-refractivity contribution < 1.29 is 18.3 Å². The lowest BCUT2D eigenvalue weighted by Gasteiger charge is -2.24. The van der Waals surface area contributed by atoms with E-state index in [4.69, 9.17) is 16.7 Å². The summed E-state index contributed by atoms with van der Waals surface area (Å²) in [6.45, 7) is -1.83. The van der Waals surface area contributed by atoms with E-state index >= 15 is 0 Å². The van der Waals surface area contributed by atoms with Gasteiger partial charge in [0.2, 0.25) is 0 Å². The van der Waals surface area contributed by atoms with Gasteiger partial charge >= 0.3 is 6.18 Å². The standard InChI is InChI=1S/C12H11ClF3N3O/c13-10-8-3-1-2-4-9(8)11(18-17-10)19(5-6-20)7-12(14,15)16/h1-4,20H,5-7H2. The van der Waals surface area contributed by atoms with E-state index in [0.29, 0.717) is 10.8 Å². The van der Waals surface area contributed by atoms with Crippen molar-refractivity contribution in [3.05, 3.63) is 29.4 Å². The Labute approximate surface area is 117 Å². The van der Waals surface area contributed by atoms with E-state index in [0.717, 1.165) is 4.90 Å². The van der Waals surface area contributed by atoms with Crippen molar-refractivity contribution >= 4 is 28.2 Å². The average molecular weight is 306 g/mol. The molecule has 0 saturated carbocycles. The second-order valence-electron chi connectivity index (χ2n) is 4.12. The van der Waals surface area contributed by atoms with E-state index in [1.54, 1.807) is 24.3 Å². The summed E-state index contributed by atoms with van der Waals surface area (Å²) in [7, 11) is 0. The summed E-state index contributed by atoms with van der Waals surface area (Å²) in [6.07, 6.45) is -4.41.